The van der Waals surface area contributed by atoms with Gasteiger partial charge in [-0.25, -0.2) is 0 Å². The van der Waals surface area contributed by atoms with E-state index in [1.807, 2.05) is 26.0 Å². The first-order chi connectivity index (χ1) is 7.08. The Balaban J connectivity index is 3.10. The van der Waals surface area contributed by atoms with Crippen molar-refractivity contribution in [2.75, 3.05) is 0 Å². The molecule has 4 N–H and O–H groups in total. The van der Waals surface area contributed by atoms with E-state index in [-0.39, 0.29) is 18.0 Å². The van der Waals surface area contributed by atoms with Crippen LogP contribution in [-0.4, -0.2) is 16.1 Å². The van der Waals surface area contributed by atoms with E-state index >= 15 is 0 Å². The molecule has 0 aliphatic heterocycles. The van der Waals surface area contributed by atoms with Crippen molar-refractivity contribution >= 4 is 5.84 Å². The Morgan fingerprint density at radius 1 is 1.47 bits per heavy atom. The van der Waals surface area contributed by atoms with Crippen LogP contribution in [0.1, 0.15) is 23.6 Å². The van der Waals surface area contributed by atoms with Crippen LogP contribution in [0.2, 0.25) is 0 Å². The monoisotopic (exact) mass is 208 g/mol. The van der Waals surface area contributed by atoms with Gasteiger partial charge in [0.2, 0.25) is 0 Å². The first-order valence-electron chi connectivity index (χ1n) is 4.86. The van der Waals surface area contributed by atoms with E-state index in [1.54, 1.807) is 0 Å². The first kappa shape index (κ1) is 11.4. The quantitative estimate of drug-likeness (QED) is 0.305. The number of rotatable bonds is 3. The largest absolute Gasteiger partial charge is 0.507 e. The van der Waals surface area contributed by atoms with Crippen molar-refractivity contribution in [1.82, 2.24) is 0 Å². The van der Waals surface area contributed by atoms with Crippen LogP contribution in [-0.2, 0) is 12.8 Å². The van der Waals surface area contributed by atoms with Gasteiger partial charge in [-0.2, -0.15) is 0 Å². The lowest BCUT2D eigenvalue weighted by molar-refractivity contribution is 0.317. The maximum atomic E-state index is 9.77. The molecule has 0 saturated carbocycles. The Bertz CT molecular complexity index is 386. The maximum absolute atomic E-state index is 9.77. The lowest BCUT2D eigenvalue weighted by atomic mass is 10.0. The molecule has 0 radical (unpaired) electrons. The van der Waals surface area contributed by atoms with Crippen molar-refractivity contribution < 1.29 is 10.3 Å². The topological polar surface area (TPSA) is 78.8 Å². The Labute approximate surface area is 89.0 Å². The molecule has 0 heterocycles. The molecule has 0 aliphatic rings. The van der Waals surface area contributed by atoms with Crippen LogP contribution in [0.25, 0.3) is 0 Å². The number of nitrogens with two attached hydrogens (primary N) is 1. The van der Waals surface area contributed by atoms with Gasteiger partial charge >= 0.3 is 0 Å². The summed E-state index contributed by atoms with van der Waals surface area (Å²) in [6, 6.07) is 3.81. The third kappa shape index (κ3) is 2.62. The molecule has 15 heavy (non-hydrogen) atoms. The molecule has 1 aromatic rings. The van der Waals surface area contributed by atoms with E-state index in [0.717, 1.165) is 17.5 Å². The third-order valence-electron chi connectivity index (χ3n) is 2.35. The van der Waals surface area contributed by atoms with Crippen LogP contribution in [0.5, 0.6) is 5.75 Å². The fraction of sp³-hybridized carbons (Fsp3) is 0.364. The first-order valence-corrected chi connectivity index (χ1v) is 4.86. The van der Waals surface area contributed by atoms with Gasteiger partial charge in [-0.15, -0.1) is 0 Å². The van der Waals surface area contributed by atoms with Gasteiger partial charge in [-0.05, 0) is 24.5 Å². The molecule has 0 unspecified atom stereocenters. The number of amidine groups is 1. The van der Waals surface area contributed by atoms with Gasteiger partial charge in [0.1, 0.15) is 11.6 Å². The molecule has 82 valence electrons. The van der Waals surface area contributed by atoms with E-state index in [9.17, 15) is 5.11 Å². The molecular weight excluding hydrogens is 192 g/mol. The van der Waals surface area contributed by atoms with Crippen LogP contribution in [0.15, 0.2) is 17.3 Å². The summed E-state index contributed by atoms with van der Waals surface area (Å²) >= 11 is 0. The van der Waals surface area contributed by atoms with Crippen LogP contribution >= 0.6 is 0 Å². The predicted octanol–water partition coefficient (Wildman–Crippen LogP) is 1.55. The normalized spacial score (nSPS) is 11.7. The number of oxime groups is 1. The minimum atomic E-state index is 0.0953. The van der Waals surface area contributed by atoms with Gasteiger partial charge in [0.05, 0.1) is 0 Å². The number of phenolic OH excluding ortho intramolecular Hbond substituents is 1. The predicted molar refractivity (Wildman–Crippen MR) is 59.3 cm³/mol. The van der Waals surface area contributed by atoms with Gasteiger partial charge in [-0.1, -0.05) is 24.2 Å². The molecule has 1 rings (SSSR count). The van der Waals surface area contributed by atoms with E-state index in [1.165, 1.54) is 0 Å². The second-order valence-corrected chi connectivity index (χ2v) is 3.54. The molecule has 0 atom stereocenters. The summed E-state index contributed by atoms with van der Waals surface area (Å²) in [5, 5.41) is 21.1. The molecule has 0 aromatic heterocycles. The van der Waals surface area contributed by atoms with Crippen LogP contribution in [0.3, 0.4) is 0 Å². The van der Waals surface area contributed by atoms with Crippen molar-refractivity contribution in [3.63, 3.8) is 0 Å². The minimum absolute atomic E-state index is 0.0953. The zero-order valence-electron chi connectivity index (χ0n) is 8.99. The highest BCUT2D eigenvalue weighted by Crippen LogP contribution is 2.24. The van der Waals surface area contributed by atoms with Crippen molar-refractivity contribution in [1.29, 1.82) is 0 Å². The number of phenols is 1. The lowest BCUT2D eigenvalue weighted by Crippen LogP contribution is -2.15. The van der Waals surface area contributed by atoms with Crippen molar-refractivity contribution in [3.8, 4) is 5.75 Å². The highest BCUT2D eigenvalue weighted by Gasteiger charge is 2.08. The highest BCUT2D eigenvalue weighted by atomic mass is 16.4. The molecule has 4 nitrogen and oxygen atoms in total. The fourth-order valence-corrected chi connectivity index (χ4v) is 1.50. The summed E-state index contributed by atoms with van der Waals surface area (Å²) < 4.78 is 0. The number of aromatic hydroxyl groups is 1. The molecule has 0 spiro atoms. The Kier molecular flexibility index (Phi) is 3.55. The smallest absolute Gasteiger partial charge is 0.143 e. The van der Waals surface area contributed by atoms with Gasteiger partial charge in [0, 0.05) is 12.0 Å². The molecule has 0 amide bonds. The molecule has 0 bridgehead atoms. The van der Waals surface area contributed by atoms with Crippen LogP contribution in [0, 0.1) is 6.92 Å². The molecule has 0 saturated heterocycles. The Hall–Kier alpha value is -1.71. The Morgan fingerprint density at radius 2 is 2.13 bits per heavy atom. The SMILES string of the molecule is CCc1cc(C)c(O)c(C/C(N)=N/O)c1. The van der Waals surface area contributed by atoms with Gasteiger partial charge in [0.15, 0.2) is 0 Å². The molecular formula is C11H16N2O2. The summed E-state index contributed by atoms with van der Waals surface area (Å²) in [5.74, 6) is 0.316. The average Bonchev–Trinajstić information content (AvgIpc) is 2.24. The second-order valence-electron chi connectivity index (χ2n) is 3.54. The third-order valence-corrected chi connectivity index (χ3v) is 2.35. The average molecular weight is 208 g/mol. The summed E-state index contributed by atoms with van der Waals surface area (Å²) in [6.45, 7) is 3.88. The Morgan fingerprint density at radius 3 is 2.67 bits per heavy atom. The standard InChI is InChI=1S/C11H16N2O2/c1-3-8-4-7(2)11(14)9(5-8)6-10(12)13-15/h4-5,14-15H,3,6H2,1-2H3,(H2,12,13). The van der Waals surface area contributed by atoms with Crippen molar-refractivity contribution in [2.24, 2.45) is 10.9 Å². The summed E-state index contributed by atoms with van der Waals surface area (Å²) in [7, 11) is 0. The van der Waals surface area contributed by atoms with Crippen LogP contribution < -0.4 is 5.73 Å². The van der Waals surface area contributed by atoms with Gasteiger partial charge in [-0.3, -0.25) is 0 Å². The maximum Gasteiger partial charge on any atom is 0.143 e. The van der Waals surface area contributed by atoms with E-state index in [2.05, 4.69) is 5.16 Å². The minimum Gasteiger partial charge on any atom is -0.507 e. The summed E-state index contributed by atoms with van der Waals surface area (Å²) in [6.07, 6.45) is 1.15. The zero-order chi connectivity index (χ0) is 11.4. The van der Waals surface area contributed by atoms with E-state index in [0.29, 0.717) is 5.56 Å². The highest BCUT2D eigenvalue weighted by molar-refractivity contribution is 5.82. The van der Waals surface area contributed by atoms with Crippen LogP contribution in [0.4, 0.5) is 0 Å². The fourth-order valence-electron chi connectivity index (χ4n) is 1.50. The second kappa shape index (κ2) is 4.68. The molecule has 1 aromatic carbocycles. The van der Waals surface area contributed by atoms with Crippen molar-refractivity contribution in [2.45, 2.75) is 26.7 Å². The van der Waals surface area contributed by atoms with Gasteiger partial charge < -0.3 is 16.0 Å². The number of nitrogens with zero attached hydrogens (tertiary/aromatic N) is 1. The molecule has 4 heteroatoms. The number of aryl methyl sites for hydroxylation is 2. The summed E-state index contributed by atoms with van der Waals surface area (Å²) in [5.41, 5.74) is 8.05. The molecule has 0 aliphatic carbocycles. The zero-order valence-corrected chi connectivity index (χ0v) is 8.99. The number of hydrogen-bond acceptors (Lipinski definition) is 3. The lowest BCUT2D eigenvalue weighted by Gasteiger charge is -2.09. The number of benzene rings is 1. The summed E-state index contributed by atoms with van der Waals surface area (Å²) in [4.78, 5) is 0. The van der Waals surface area contributed by atoms with E-state index < -0.39 is 0 Å². The van der Waals surface area contributed by atoms with Gasteiger partial charge in [0.25, 0.3) is 0 Å². The van der Waals surface area contributed by atoms with Crippen molar-refractivity contribution in [3.05, 3.63) is 28.8 Å². The molecule has 0 fully saturated rings. The number of hydrogen-bond donors (Lipinski definition) is 3. The van der Waals surface area contributed by atoms with E-state index in [4.69, 9.17) is 10.9 Å².